The van der Waals surface area contributed by atoms with Crippen molar-refractivity contribution in [2.75, 3.05) is 0 Å². The van der Waals surface area contributed by atoms with Gasteiger partial charge in [-0.05, 0) is 29.1 Å². The molecule has 0 aliphatic rings. The van der Waals surface area contributed by atoms with Crippen molar-refractivity contribution in [3.63, 3.8) is 0 Å². The fourth-order valence-corrected chi connectivity index (χ4v) is 3.06. The number of halogens is 1. The van der Waals surface area contributed by atoms with Crippen LogP contribution in [0.15, 0.2) is 42.0 Å². The molecule has 0 aliphatic carbocycles. The second kappa shape index (κ2) is 4.65. The van der Waals surface area contributed by atoms with Crippen LogP contribution in [0, 0.1) is 0 Å². The van der Waals surface area contributed by atoms with E-state index in [1.165, 1.54) is 0 Å². The van der Waals surface area contributed by atoms with E-state index in [9.17, 15) is 0 Å². The van der Waals surface area contributed by atoms with Crippen molar-refractivity contribution < 1.29 is 0 Å². The number of hydrogen-bond acceptors (Lipinski definition) is 4. The number of aromatic nitrogens is 2. The van der Waals surface area contributed by atoms with Crippen LogP contribution < -0.4 is 5.73 Å². The summed E-state index contributed by atoms with van der Waals surface area (Å²) in [5.74, 6) is 0. The van der Waals surface area contributed by atoms with Gasteiger partial charge in [0.15, 0.2) is 0 Å². The standard InChI is InChI=1S/C13H10ClN3S/c14-9-3-6-18-13(9)12(15)8-1-2-10-11(7-8)17-5-4-16-10/h1-7,12H,15H2. The van der Waals surface area contributed by atoms with E-state index < -0.39 is 0 Å². The van der Waals surface area contributed by atoms with Crippen molar-refractivity contribution >= 4 is 34.0 Å². The van der Waals surface area contributed by atoms with Gasteiger partial charge < -0.3 is 5.73 Å². The van der Waals surface area contributed by atoms with Gasteiger partial charge >= 0.3 is 0 Å². The van der Waals surface area contributed by atoms with Crippen molar-refractivity contribution in [1.29, 1.82) is 0 Å². The molecule has 3 rings (SSSR count). The number of hydrogen-bond donors (Lipinski definition) is 1. The van der Waals surface area contributed by atoms with Gasteiger partial charge in [-0.25, -0.2) is 0 Å². The first kappa shape index (κ1) is 11.6. The molecule has 18 heavy (non-hydrogen) atoms. The van der Waals surface area contributed by atoms with Gasteiger partial charge in [-0.1, -0.05) is 17.7 Å². The van der Waals surface area contributed by atoms with Crippen LogP contribution in [0.5, 0.6) is 0 Å². The van der Waals surface area contributed by atoms with Crippen LogP contribution in [0.25, 0.3) is 11.0 Å². The van der Waals surface area contributed by atoms with E-state index in [4.69, 9.17) is 17.3 Å². The molecular formula is C13H10ClN3S. The highest BCUT2D eigenvalue weighted by molar-refractivity contribution is 7.10. The van der Waals surface area contributed by atoms with E-state index in [0.29, 0.717) is 5.02 Å². The zero-order chi connectivity index (χ0) is 12.5. The normalized spacial score (nSPS) is 12.8. The van der Waals surface area contributed by atoms with Gasteiger partial charge in [0.2, 0.25) is 0 Å². The Balaban J connectivity index is 2.07. The predicted octanol–water partition coefficient (Wildman–Crippen LogP) is 3.39. The molecule has 0 fully saturated rings. The molecule has 0 bridgehead atoms. The number of benzene rings is 1. The molecule has 0 amide bonds. The lowest BCUT2D eigenvalue weighted by Gasteiger charge is -2.11. The first-order valence-electron chi connectivity index (χ1n) is 5.45. The van der Waals surface area contributed by atoms with E-state index in [0.717, 1.165) is 21.5 Å². The molecule has 1 atom stereocenters. The van der Waals surface area contributed by atoms with Crippen LogP contribution >= 0.6 is 22.9 Å². The molecule has 0 aliphatic heterocycles. The molecule has 2 N–H and O–H groups in total. The Morgan fingerprint density at radius 2 is 1.89 bits per heavy atom. The smallest absolute Gasteiger partial charge is 0.0890 e. The highest BCUT2D eigenvalue weighted by Gasteiger charge is 2.14. The van der Waals surface area contributed by atoms with Gasteiger partial charge in [-0.3, -0.25) is 9.97 Å². The molecule has 0 saturated heterocycles. The van der Waals surface area contributed by atoms with Crippen LogP contribution in [-0.2, 0) is 0 Å². The molecule has 3 aromatic rings. The van der Waals surface area contributed by atoms with Gasteiger partial charge in [0.25, 0.3) is 0 Å². The lowest BCUT2D eigenvalue weighted by atomic mass is 10.1. The topological polar surface area (TPSA) is 51.8 Å². The molecule has 0 radical (unpaired) electrons. The maximum absolute atomic E-state index is 6.23. The third-order valence-corrected chi connectivity index (χ3v) is 4.22. The monoisotopic (exact) mass is 275 g/mol. The highest BCUT2D eigenvalue weighted by atomic mass is 35.5. The Morgan fingerprint density at radius 3 is 2.61 bits per heavy atom. The van der Waals surface area contributed by atoms with Crippen molar-refractivity contribution in [3.05, 3.63) is 57.5 Å². The quantitative estimate of drug-likeness (QED) is 0.780. The van der Waals surface area contributed by atoms with E-state index in [2.05, 4.69) is 9.97 Å². The molecule has 0 spiro atoms. The fraction of sp³-hybridized carbons (Fsp3) is 0.0769. The zero-order valence-corrected chi connectivity index (χ0v) is 10.9. The summed E-state index contributed by atoms with van der Waals surface area (Å²) in [6, 6.07) is 7.51. The van der Waals surface area contributed by atoms with Crippen LogP contribution in [0.2, 0.25) is 5.02 Å². The average molecular weight is 276 g/mol. The van der Waals surface area contributed by atoms with Crippen LogP contribution in [0.4, 0.5) is 0 Å². The van der Waals surface area contributed by atoms with Crippen LogP contribution in [0.3, 0.4) is 0 Å². The van der Waals surface area contributed by atoms with E-state index >= 15 is 0 Å². The number of thiophene rings is 1. The Kier molecular flexibility index (Phi) is 2.99. The van der Waals surface area contributed by atoms with Crippen molar-refractivity contribution in [1.82, 2.24) is 9.97 Å². The number of rotatable bonds is 2. The third kappa shape index (κ3) is 1.99. The number of fused-ring (bicyclic) bond motifs is 1. The summed E-state index contributed by atoms with van der Waals surface area (Å²) in [7, 11) is 0. The highest BCUT2D eigenvalue weighted by Crippen LogP contribution is 2.31. The molecule has 1 unspecified atom stereocenters. The lowest BCUT2D eigenvalue weighted by Crippen LogP contribution is -2.10. The minimum Gasteiger partial charge on any atom is -0.320 e. The first-order chi connectivity index (χ1) is 8.75. The summed E-state index contributed by atoms with van der Waals surface area (Å²) in [5, 5.41) is 2.66. The Hall–Kier alpha value is -1.49. The number of nitrogens with zero attached hydrogens (tertiary/aromatic N) is 2. The minimum atomic E-state index is -0.219. The van der Waals surface area contributed by atoms with Crippen molar-refractivity contribution in [2.24, 2.45) is 5.73 Å². The average Bonchev–Trinajstić information content (AvgIpc) is 2.83. The lowest BCUT2D eigenvalue weighted by molar-refractivity contribution is 0.895. The minimum absolute atomic E-state index is 0.219. The van der Waals surface area contributed by atoms with E-state index in [1.807, 2.05) is 29.6 Å². The SMILES string of the molecule is NC(c1ccc2nccnc2c1)c1sccc1Cl. The second-order valence-corrected chi connectivity index (χ2v) is 5.27. The molecule has 1 aromatic carbocycles. The van der Waals surface area contributed by atoms with Crippen LogP contribution in [-0.4, -0.2) is 9.97 Å². The Morgan fingerprint density at radius 1 is 1.11 bits per heavy atom. The summed E-state index contributed by atoms with van der Waals surface area (Å²) >= 11 is 7.67. The maximum atomic E-state index is 6.23. The molecule has 2 heterocycles. The van der Waals surface area contributed by atoms with E-state index in [-0.39, 0.29) is 6.04 Å². The molecule has 90 valence electrons. The summed E-state index contributed by atoms with van der Waals surface area (Å²) in [6.07, 6.45) is 3.35. The van der Waals surface area contributed by atoms with Crippen molar-refractivity contribution in [3.8, 4) is 0 Å². The largest absolute Gasteiger partial charge is 0.320 e. The molecule has 2 aromatic heterocycles. The van der Waals surface area contributed by atoms with Gasteiger partial charge in [-0.15, -0.1) is 11.3 Å². The van der Waals surface area contributed by atoms with Gasteiger partial charge in [0, 0.05) is 17.3 Å². The zero-order valence-electron chi connectivity index (χ0n) is 9.38. The van der Waals surface area contributed by atoms with Gasteiger partial charge in [-0.2, -0.15) is 0 Å². The summed E-state index contributed by atoms with van der Waals surface area (Å²) < 4.78 is 0. The first-order valence-corrected chi connectivity index (χ1v) is 6.70. The Labute approximate surface area is 113 Å². The predicted molar refractivity (Wildman–Crippen MR) is 74.9 cm³/mol. The number of nitrogens with two attached hydrogens (primary N) is 1. The van der Waals surface area contributed by atoms with Gasteiger partial charge in [0.05, 0.1) is 22.1 Å². The summed E-state index contributed by atoms with van der Waals surface area (Å²) in [5.41, 5.74) is 8.94. The summed E-state index contributed by atoms with van der Waals surface area (Å²) in [6.45, 7) is 0. The second-order valence-electron chi connectivity index (χ2n) is 3.91. The summed E-state index contributed by atoms with van der Waals surface area (Å²) in [4.78, 5) is 9.49. The molecule has 0 saturated carbocycles. The van der Waals surface area contributed by atoms with Gasteiger partial charge in [0.1, 0.15) is 0 Å². The molecular weight excluding hydrogens is 266 g/mol. The molecule has 5 heteroatoms. The fourth-order valence-electron chi connectivity index (χ4n) is 1.85. The third-order valence-electron chi connectivity index (χ3n) is 2.78. The van der Waals surface area contributed by atoms with Crippen molar-refractivity contribution in [2.45, 2.75) is 6.04 Å². The molecule has 3 nitrogen and oxygen atoms in total. The van der Waals surface area contributed by atoms with Crippen LogP contribution in [0.1, 0.15) is 16.5 Å². The van der Waals surface area contributed by atoms with E-state index in [1.54, 1.807) is 23.7 Å². The maximum Gasteiger partial charge on any atom is 0.0890 e. The Bertz CT molecular complexity index is 695.